The zero-order valence-electron chi connectivity index (χ0n) is 8.90. The van der Waals surface area contributed by atoms with Crippen LogP contribution in [0.15, 0.2) is 6.20 Å². The fourth-order valence-corrected chi connectivity index (χ4v) is 2.12. The summed E-state index contributed by atoms with van der Waals surface area (Å²) in [5, 5.41) is 4.39. The average molecular weight is 194 g/mol. The van der Waals surface area contributed by atoms with E-state index in [2.05, 4.69) is 16.9 Å². The van der Waals surface area contributed by atoms with Crippen molar-refractivity contribution in [2.75, 3.05) is 23.7 Å². The smallest absolute Gasteiger partial charge is 0.173 e. The molecule has 1 aromatic rings. The van der Waals surface area contributed by atoms with Crippen molar-refractivity contribution >= 4 is 11.5 Å². The summed E-state index contributed by atoms with van der Waals surface area (Å²) in [5.74, 6) is 1.71. The molecular formula is C10H18N4. The van der Waals surface area contributed by atoms with Crippen LogP contribution in [0.2, 0.25) is 0 Å². The molecule has 2 rings (SSSR count). The van der Waals surface area contributed by atoms with Crippen LogP contribution < -0.4 is 10.6 Å². The Labute approximate surface area is 84.7 Å². The molecule has 0 unspecified atom stereocenters. The number of nitrogens with zero attached hydrogens (tertiary/aromatic N) is 3. The highest BCUT2D eigenvalue weighted by Crippen LogP contribution is 2.25. The number of nitrogens with two attached hydrogens (primary N) is 1. The van der Waals surface area contributed by atoms with Gasteiger partial charge in [-0.15, -0.1) is 0 Å². The van der Waals surface area contributed by atoms with Crippen LogP contribution in [0.5, 0.6) is 0 Å². The topological polar surface area (TPSA) is 47.1 Å². The molecule has 0 radical (unpaired) electrons. The summed E-state index contributed by atoms with van der Waals surface area (Å²) < 4.78 is 1.78. The lowest BCUT2D eigenvalue weighted by Crippen LogP contribution is -2.34. The van der Waals surface area contributed by atoms with Crippen LogP contribution in [0.1, 0.15) is 19.8 Å². The van der Waals surface area contributed by atoms with Gasteiger partial charge in [-0.1, -0.05) is 6.92 Å². The maximum atomic E-state index is 5.89. The van der Waals surface area contributed by atoms with Crippen molar-refractivity contribution in [3.63, 3.8) is 0 Å². The van der Waals surface area contributed by atoms with Gasteiger partial charge in [0.15, 0.2) is 5.82 Å². The molecule has 78 valence electrons. The molecule has 0 aliphatic carbocycles. The van der Waals surface area contributed by atoms with Gasteiger partial charge in [-0.25, -0.2) is 0 Å². The molecule has 14 heavy (non-hydrogen) atoms. The van der Waals surface area contributed by atoms with Crippen LogP contribution in [0.3, 0.4) is 0 Å². The summed E-state index contributed by atoms with van der Waals surface area (Å²) in [6, 6.07) is 0. The number of anilines is 2. The van der Waals surface area contributed by atoms with Gasteiger partial charge in [0.25, 0.3) is 0 Å². The van der Waals surface area contributed by atoms with Crippen molar-refractivity contribution in [1.29, 1.82) is 0 Å². The van der Waals surface area contributed by atoms with Crippen LogP contribution in [0.25, 0.3) is 0 Å². The summed E-state index contributed by atoms with van der Waals surface area (Å²) in [7, 11) is 1.91. The zero-order chi connectivity index (χ0) is 10.1. The van der Waals surface area contributed by atoms with Crippen molar-refractivity contribution in [2.45, 2.75) is 19.8 Å². The van der Waals surface area contributed by atoms with E-state index in [4.69, 9.17) is 5.73 Å². The third-order valence-corrected chi connectivity index (χ3v) is 2.79. The molecule has 4 heteroatoms. The number of hydrogen-bond acceptors (Lipinski definition) is 3. The number of nitrogen functional groups attached to an aromatic ring is 1. The van der Waals surface area contributed by atoms with E-state index in [0.717, 1.165) is 30.5 Å². The second-order valence-corrected chi connectivity index (χ2v) is 4.28. The lowest BCUT2D eigenvalue weighted by molar-refractivity contribution is 0.444. The molecule has 0 bridgehead atoms. The quantitative estimate of drug-likeness (QED) is 0.731. The van der Waals surface area contributed by atoms with Crippen LogP contribution in [0.4, 0.5) is 11.5 Å². The van der Waals surface area contributed by atoms with Gasteiger partial charge in [0.2, 0.25) is 0 Å². The molecular weight excluding hydrogens is 176 g/mol. The summed E-state index contributed by atoms with van der Waals surface area (Å²) in [6.07, 6.45) is 4.44. The van der Waals surface area contributed by atoms with Crippen molar-refractivity contribution in [2.24, 2.45) is 13.0 Å². The normalized spacial score (nSPS) is 22.7. The Hall–Kier alpha value is -1.19. The molecule has 1 saturated heterocycles. The largest absolute Gasteiger partial charge is 0.394 e. The molecule has 0 saturated carbocycles. The summed E-state index contributed by atoms with van der Waals surface area (Å²) in [5.41, 5.74) is 6.69. The maximum Gasteiger partial charge on any atom is 0.173 e. The van der Waals surface area contributed by atoms with E-state index in [1.54, 1.807) is 4.68 Å². The second kappa shape index (κ2) is 3.52. The third kappa shape index (κ3) is 1.69. The lowest BCUT2D eigenvalue weighted by Gasteiger charge is -2.31. The number of rotatable bonds is 1. The van der Waals surface area contributed by atoms with E-state index in [0.29, 0.717) is 0 Å². The minimum atomic E-state index is 0.755. The van der Waals surface area contributed by atoms with Crippen LogP contribution in [0, 0.1) is 5.92 Å². The van der Waals surface area contributed by atoms with Gasteiger partial charge in [-0.3, -0.25) is 4.68 Å². The molecule has 4 nitrogen and oxygen atoms in total. The molecule has 2 N–H and O–H groups in total. The Morgan fingerprint density at radius 1 is 1.57 bits per heavy atom. The molecule has 1 aliphatic heterocycles. The Bertz CT molecular complexity index is 318. The highest BCUT2D eigenvalue weighted by molar-refractivity contribution is 5.61. The van der Waals surface area contributed by atoms with Gasteiger partial charge < -0.3 is 10.6 Å². The Morgan fingerprint density at radius 2 is 2.36 bits per heavy atom. The Kier molecular flexibility index (Phi) is 2.35. The summed E-state index contributed by atoms with van der Waals surface area (Å²) >= 11 is 0. The Morgan fingerprint density at radius 3 is 2.93 bits per heavy atom. The molecule has 1 atom stereocenters. The highest BCUT2D eigenvalue weighted by atomic mass is 15.3. The van der Waals surface area contributed by atoms with Crippen molar-refractivity contribution in [3.8, 4) is 0 Å². The van der Waals surface area contributed by atoms with Crippen LogP contribution >= 0.6 is 0 Å². The maximum absolute atomic E-state index is 5.89. The highest BCUT2D eigenvalue weighted by Gasteiger charge is 2.20. The van der Waals surface area contributed by atoms with Crippen molar-refractivity contribution in [1.82, 2.24) is 9.78 Å². The van der Waals surface area contributed by atoms with E-state index in [1.807, 2.05) is 13.2 Å². The number of aryl methyl sites for hydroxylation is 1. The van der Waals surface area contributed by atoms with Gasteiger partial charge in [0.05, 0.1) is 5.69 Å². The number of piperidine rings is 1. The predicted molar refractivity (Wildman–Crippen MR) is 58.2 cm³/mol. The first-order chi connectivity index (χ1) is 6.66. The van der Waals surface area contributed by atoms with E-state index in [9.17, 15) is 0 Å². The Balaban J connectivity index is 2.17. The van der Waals surface area contributed by atoms with Gasteiger partial charge in [-0.2, -0.15) is 5.10 Å². The minimum absolute atomic E-state index is 0.755. The molecule has 1 aromatic heterocycles. The van der Waals surface area contributed by atoms with Gasteiger partial charge in [0.1, 0.15) is 0 Å². The lowest BCUT2D eigenvalue weighted by atomic mass is 10.0. The van der Waals surface area contributed by atoms with E-state index in [1.165, 1.54) is 12.8 Å². The first-order valence-corrected chi connectivity index (χ1v) is 5.21. The van der Waals surface area contributed by atoms with Gasteiger partial charge in [-0.05, 0) is 18.8 Å². The fourth-order valence-electron chi connectivity index (χ4n) is 2.12. The monoisotopic (exact) mass is 194 g/mol. The predicted octanol–water partition coefficient (Wildman–Crippen LogP) is 1.24. The van der Waals surface area contributed by atoms with E-state index >= 15 is 0 Å². The first-order valence-electron chi connectivity index (χ1n) is 5.21. The van der Waals surface area contributed by atoms with Crippen LogP contribution in [-0.2, 0) is 7.05 Å². The van der Waals surface area contributed by atoms with Crippen molar-refractivity contribution < 1.29 is 0 Å². The molecule has 1 fully saturated rings. The summed E-state index contributed by atoms with van der Waals surface area (Å²) in [6.45, 7) is 4.46. The van der Waals surface area contributed by atoms with E-state index < -0.39 is 0 Å². The molecule has 0 aromatic carbocycles. The SMILES string of the molecule is C[C@H]1CCCN(c2nn(C)cc2N)C1. The number of hydrogen-bond donors (Lipinski definition) is 1. The fraction of sp³-hybridized carbons (Fsp3) is 0.700. The standard InChI is InChI=1S/C10H18N4/c1-8-4-3-5-14(6-8)10-9(11)7-13(2)12-10/h7-8H,3-6,11H2,1-2H3/t8-/m0/s1. The first kappa shape index (κ1) is 9.37. The van der Waals surface area contributed by atoms with Crippen LogP contribution in [-0.4, -0.2) is 22.9 Å². The van der Waals surface area contributed by atoms with Gasteiger partial charge >= 0.3 is 0 Å². The second-order valence-electron chi connectivity index (χ2n) is 4.28. The minimum Gasteiger partial charge on any atom is -0.394 e. The average Bonchev–Trinajstić information content (AvgIpc) is 2.45. The van der Waals surface area contributed by atoms with Gasteiger partial charge in [0, 0.05) is 26.3 Å². The molecule has 2 heterocycles. The third-order valence-electron chi connectivity index (χ3n) is 2.79. The molecule has 0 spiro atoms. The molecule has 0 amide bonds. The summed E-state index contributed by atoms with van der Waals surface area (Å²) in [4.78, 5) is 2.30. The van der Waals surface area contributed by atoms with Crippen molar-refractivity contribution in [3.05, 3.63) is 6.20 Å². The number of aromatic nitrogens is 2. The van der Waals surface area contributed by atoms with E-state index in [-0.39, 0.29) is 0 Å². The molecule has 1 aliphatic rings. The zero-order valence-corrected chi connectivity index (χ0v) is 8.90.